The van der Waals surface area contributed by atoms with Crippen LogP contribution in [0.15, 0.2) is 11.4 Å². The average molecular weight is 287 g/mol. The van der Waals surface area contributed by atoms with Gasteiger partial charge in [0.2, 0.25) is 5.95 Å². The fraction of sp³-hybridized carbons (Fsp3) is 0.538. The molecule has 2 aromatic heterocycles. The fourth-order valence-electron chi connectivity index (χ4n) is 3.51. The van der Waals surface area contributed by atoms with Gasteiger partial charge < -0.3 is 15.5 Å². The molecule has 1 aliphatic carbocycles. The van der Waals surface area contributed by atoms with Crippen LogP contribution < -0.4 is 10.6 Å². The topological polar surface area (TPSA) is 105 Å². The van der Waals surface area contributed by atoms with E-state index in [9.17, 15) is 0 Å². The SMILES string of the molecule is CON=C1C2CCC1CN(c1nc(N)nc3[nH]ncc13)C2. The molecule has 1 saturated carbocycles. The van der Waals surface area contributed by atoms with Crippen molar-refractivity contribution >= 4 is 28.5 Å². The van der Waals surface area contributed by atoms with E-state index in [1.54, 1.807) is 13.3 Å². The van der Waals surface area contributed by atoms with Crippen molar-refractivity contribution in [1.82, 2.24) is 20.2 Å². The van der Waals surface area contributed by atoms with E-state index in [0.717, 1.165) is 37.1 Å². The van der Waals surface area contributed by atoms with Gasteiger partial charge in [0.15, 0.2) is 5.65 Å². The van der Waals surface area contributed by atoms with Crippen molar-refractivity contribution in [2.75, 3.05) is 30.8 Å². The number of nitrogens with zero attached hydrogens (tertiary/aromatic N) is 5. The molecule has 1 saturated heterocycles. The summed E-state index contributed by atoms with van der Waals surface area (Å²) < 4.78 is 0. The molecular weight excluding hydrogens is 270 g/mol. The Morgan fingerprint density at radius 3 is 2.81 bits per heavy atom. The number of oxime groups is 1. The molecular formula is C13H17N7O. The predicted octanol–water partition coefficient (Wildman–Crippen LogP) is 0.784. The molecule has 0 aromatic carbocycles. The highest BCUT2D eigenvalue weighted by Crippen LogP contribution is 2.37. The maximum absolute atomic E-state index is 5.81. The van der Waals surface area contributed by atoms with E-state index in [1.165, 1.54) is 5.71 Å². The zero-order valence-electron chi connectivity index (χ0n) is 11.8. The first-order valence-corrected chi connectivity index (χ1v) is 7.08. The van der Waals surface area contributed by atoms with Crippen molar-refractivity contribution in [3.05, 3.63) is 6.20 Å². The second-order valence-corrected chi connectivity index (χ2v) is 5.61. The van der Waals surface area contributed by atoms with E-state index in [4.69, 9.17) is 10.6 Å². The van der Waals surface area contributed by atoms with Gasteiger partial charge in [-0.25, -0.2) is 0 Å². The van der Waals surface area contributed by atoms with Crippen molar-refractivity contribution in [1.29, 1.82) is 0 Å². The predicted molar refractivity (Wildman–Crippen MR) is 79.0 cm³/mol. The van der Waals surface area contributed by atoms with Crippen LogP contribution in [-0.4, -0.2) is 46.1 Å². The van der Waals surface area contributed by atoms with E-state index in [1.807, 2.05) is 0 Å². The Balaban J connectivity index is 1.72. The van der Waals surface area contributed by atoms with Gasteiger partial charge in [-0.15, -0.1) is 0 Å². The Labute approximate surface area is 121 Å². The monoisotopic (exact) mass is 287 g/mol. The summed E-state index contributed by atoms with van der Waals surface area (Å²) in [6.07, 6.45) is 4.06. The molecule has 8 nitrogen and oxygen atoms in total. The van der Waals surface area contributed by atoms with Crippen molar-refractivity contribution in [3.8, 4) is 0 Å². The standard InChI is InChI=1S/C13H17N7O/c1-21-19-10-7-2-3-8(10)6-20(5-7)12-9-4-15-18-11(9)16-13(14)17-12/h4,7-8H,2-3,5-6H2,1H3,(H3,14,15,16,17,18). The first-order chi connectivity index (χ1) is 10.3. The van der Waals surface area contributed by atoms with Crippen LogP contribution in [0.1, 0.15) is 12.8 Å². The largest absolute Gasteiger partial charge is 0.399 e. The number of rotatable bonds is 2. The normalized spacial score (nSPS) is 24.6. The lowest BCUT2D eigenvalue weighted by molar-refractivity contribution is 0.209. The molecule has 4 rings (SSSR count). The van der Waals surface area contributed by atoms with Gasteiger partial charge in [-0.1, -0.05) is 5.16 Å². The van der Waals surface area contributed by atoms with Gasteiger partial charge in [-0.05, 0) is 12.8 Å². The summed E-state index contributed by atoms with van der Waals surface area (Å²) in [7, 11) is 1.61. The lowest BCUT2D eigenvalue weighted by atomic mass is 9.96. The van der Waals surface area contributed by atoms with E-state index in [-0.39, 0.29) is 5.95 Å². The second-order valence-electron chi connectivity index (χ2n) is 5.61. The molecule has 0 amide bonds. The number of anilines is 2. The number of aromatic amines is 1. The highest BCUT2D eigenvalue weighted by atomic mass is 16.6. The number of fused-ring (bicyclic) bond motifs is 3. The van der Waals surface area contributed by atoms with Crippen LogP contribution in [0.3, 0.4) is 0 Å². The van der Waals surface area contributed by atoms with Gasteiger partial charge in [0.05, 0.1) is 17.3 Å². The number of hydrogen-bond acceptors (Lipinski definition) is 7. The molecule has 8 heteroatoms. The van der Waals surface area contributed by atoms with E-state index >= 15 is 0 Å². The molecule has 110 valence electrons. The summed E-state index contributed by atoms with van der Waals surface area (Å²) in [5.41, 5.74) is 7.69. The number of H-pyrrole nitrogens is 1. The average Bonchev–Trinajstić information content (AvgIpc) is 3.00. The van der Waals surface area contributed by atoms with Crippen molar-refractivity contribution < 1.29 is 4.84 Å². The van der Waals surface area contributed by atoms with E-state index in [2.05, 4.69) is 30.2 Å². The van der Waals surface area contributed by atoms with Crippen LogP contribution in [0.4, 0.5) is 11.8 Å². The number of nitrogen functional groups attached to an aromatic ring is 1. The molecule has 0 spiro atoms. The van der Waals surface area contributed by atoms with Crippen molar-refractivity contribution in [3.63, 3.8) is 0 Å². The minimum absolute atomic E-state index is 0.269. The molecule has 2 atom stereocenters. The van der Waals surface area contributed by atoms with E-state index in [0.29, 0.717) is 17.5 Å². The maximum Gasteiger partial charge on any atom is 0.224 e. The Kier molecular flexibility index (Phi) is 2.69. The smallest absolute Gasteiger partial charge is 0.224 e. The molecule has 2 fully saturated rings. The Morgan fingerprint density at radius 2 is 2.10 bits per heavy atom. The number of aromatic nitrogens is 4. The molecule has 21 heavy (non-hydrogen) atoms. The second kappa shape index (κ2) is 4.57. The molecule has 0 radical (unpaired) electrons. The number of hydrogen-bond donors (Lipinski definition) is 2. The van der Waals surface area contributed by atoms with Crippen LogP contribution in [0.5, 0.6) is 0 Å². The van der Waals surface area contributed by atoms with Crippen LogP contribution in [0.25, 0.3) is 11.0 Å². The van der Waals surface area contributed by atoms with Gasteiger partial charge in [-0.2, -0.15) is 15.1 Å². The lowest BCUT2D eigenvalue weighted by Gasteiger charge is -2.33. The lowest BCUT2D eigenvalue weighted by Crippen LogP contribution is -2.43. The van der Waals surface area contributed by atoms with Crippen LogP contribution in [0.2, 0.25) is 0 Å². The molecule has 1 aliphatic heterocycles. The van der Waals surface area contributed by atoms with Crippen LogP contribution in [-0.2, 0) is 4.84 Å². The molecule has 2 aromatic rings. The molecule has 3 N–H and O–H groups in total. The molecule has 2 unspecified atom stereocenters. The first kappa shape index (κ1) is 12.4. The quantitative estimate of drug-likeness (QED) is 0.791. The van der Waals surface area contributed by atoms with Gasteiger partial charge in [0.1, 0.15) is 12.9 Å². The highest BCUT2D eigenvalue weighted by Gasteiger charge is 2.40. The van der Waals surface area contributed by atoms with Gasteiger partial charge in [0, 0.05) is 24.9 Å². The minimum atomic E-state index is 0.269. The third-order valence-corrected chi connectivity index (χ3v) is 4.38. The van der Waals surface area contributed by atoms with Crippen LogP contribution >= 0.6 is 0 Å². The van der Waals surface area contributed by atoms with Gasteiger partial charge in [0.25, 0.3) is 0 Å². The van der Waals surface area contributed by atoms with Gasteiger partial charge in [-0.3, -0.25) is 5.10 Å². The van der Waals surface area contributed by atoms with E-state index < -0.39 is 0 Å². The molecule has 2 bridgehead atoms. The molecule has 2 aliphatic rings. The Hall–Kier alpha value is -2.38. The van der Waals surface area contributed by atoms with Gasteiger partial charge >= 0.3 is 0 Å². The number of piperidine rings is 1. The highest BCUT2D eigenvalue weighted by molar-refractivity contribution is 5.94. The maximum atomic E-state index is 5.81. The summed E-state index contributed by atoms with van der Waals surface area (Å²) in [4.78, 5) is 15.9. The Bertz CT molecular complexity index is 694. The first-order valence-electron chi connectivity index (χ1n) is 7.08. The third kappa shape index (κ3) is 1.90. The third-order valence-electron chi connectivity index (χ3n) is 4.38. The number of nitrogens with one attached hydrogen (secondary N) is 1. The summed E-state index contributed by atoms with van der Waals surface area (Å²) in [6.45, 7) is 1.77. The summed E-state index contributed by atoms with van der Waals surface area (Å²) in [5.74, 6) is 1.99. The van der Waals surface area contributed by atoms with Crippen LogP contribution in [0, 0.1) is 11.8 Å². The zero-order valence-corrected chi connectivity index (χ0v) is 11.8. The fourth-order valence-corrected chi connectivity index (χ4v) is 3.51. The summed E-state index contributed by atoms with van der Waals surface area (Å²) in [5, 5.41) is 12.0. The number of nitrogens with two attached hydrogens (primary N) is 1. The zero-order chi connectivity index (χ0) is 14.4. The summed E-state index contributed by atoms with van der Waals surface area (Å²) >= 11 is 0. The Morgan fingerprint density at radius 1 is 1.33 bits per heavy atom. The van der Waals surface area contributed by atoms with Crippen molar-refractivity contribution in [2.45, 2.75) is 12.8 Å². The molecule has 3 heterocycles. The minimum Gasteiger partial charge on any atom is -0.399 e. The van der Waals surface area contributed by atoms with Crippen molar-refractivity contribution in [2.24, 2.45) is 17.0 Å². The summed E-state index contributed by atoms with van der Waals surface area (Å²) in [6, 6.07) is 0.